The predicted molar refractivity (Wildman–Crippen MR) is 77.3 cm³/mol. The van der Waals surface area contributed by atoms with E-state index in [-0.39, 0.29) is 18.0 Å². The number of anilines is 2. The normalized spacial score (nSPS) is 11.2. The summed E-state index contributed by atoms with van der Waals surface area (Å²) in [5, 5.41) is 6.51. The summed E-state index contributed by atoms with van der Waals surface area (Å²) in [6, 6.07) is 3.16. The average molecular weight is 290 g/mol. The highest BCUT2D eigenvalue weighted by molar-refractivity contribution is 6.39. The quantitative estimate of drug-likeness (QED) is 0.750. The summed E-state index contributed by atoms with van der Waals surface area (Å²) in [6.45, 7) is 5.83. The van der Waals surface area contributed by atoms with Gasteiger partial charge in [0, 0.05) is 11.2 Å². The van der Waals surface area contributed by atoms with Crippen LogP contribution in [0.15, 0.2) is 12.1 Å². The molecule has 1 amide bonds. The maximum absolute atomic E-state index is 11.6. The van der Waals surface area contributed by atoms with Crippen LogP contribution in [-0.4, -0.2) is 18.0 Å². The molecule has 4 nitrogen and oxygen atoms in total. The molecule has 4 N–H and O–H groups in total. The number of amides is 1. The van der Waals surface area contributed by atoms with Gasteiger partial charge in [-0.1, -0.05) is 23.2 Å². The van der Waals surface area contributed by atoms with E-state index < -0.39 is 0 Å². The van der Waals surface area contributed by atoms with Gasteiger partial charge in [-0.15, -0.1) is 0 Å². The van der Waals surface area contributed by atoms with Crippen molar-refractivity contribution in [1.82, 2.24) is 5.32 Å². The zero-order valence-electron chi connectivity index (χ0n) is 10.6. The molecule has 1 rings (SSSR count). The Balaban J connectivity index is 2.67. The highest BCUT2D eigenvalue weighted by Crippen LogP contribution is 2.32. The first kappa shape index (κ1) is 14.9. The maximum Gasteiger partial charge on any atom is 0.239 e. The Morgan fingerprint density at radius 3 is 2.22 bits per heavy atom. The molecule has 0 aliphatic rings. The van der Waals surface area contributed by atoms with Crippen LogP contribution in [0.3, 0.4) is 0 Å². The molecule has 1 aromatic rings. The van der Waals surface area contributed by atoms with E-state index in [1.807, 2.05) is 20.8 Å². The Labute approximate surface area is 117 Å². The van der Waals surface area contributed by atoms with Gasteiger partial charge in [0.2, 0.25) is 5.91 Å². The van der Waals surface area contributed by atoms with Crippen LogP contribution in [0.4, 0.5) is 11.4 Å². The van der Waals surface area contributed by atoms with Crippen LogP contribution in [0.2, 0.25) is 10.0 Å². The number of nitrogens with two attached hydrogens (primary N) is 1. The molecule has 0 saturated heterocycles. The van der Waals surface area contributed by atoms with Crippen molar-refractivity contribution in [2.24, 2.45) is 0 Å². The Morgan fingerprint density at radius 2 is 1.78 bits per heavy atom. The molecule has 0 heterocycles. The summed E-state index contributed by atoms with van der Waals surface area (Å²) in [5.41, 5.74) is 6.31. The Kier molecular flexibility index (Phi) is 4.71. The van der Waals surface area contributed by atoms with E-state index in [0.29, 0.717) is 21.4 Å². The van der Waals surface area contributed by atoms with Crippen molar-refractivity contribution in [3.63, 3.8) is 0 Å². The topological polar surface area (TPSA) is 67.2 Å². The highest BCUT2D eigenvalue weighted by Gasteiger charge is 2.14. The lowest BCUT2D eigenvalue weighted by atomic mass is 10.1. The van der Waals surface area contributed by atoms with Gasteiger partial charge in [-0.2, -0.15) is 0 Å². The van der Waals surface area contributed by atoms with Crippen LogP contribution in [0.1, 0.15) is 20.8 Å². The summed E-state index contributed by atoms with van der Waals surface area (Å²) < 4.78 is 0. The molecule has 18 heavy (non-hydrogen) atoms. The standard InChI is InChI=1S/C12H17Cl2N3O/c1-12(2,3)17-10(18)6-16-11-8(13)4-7(15)5-9(11)14/h4-5,16H,6,15H2,1-3H3,(H,17,18). The summed E-state index contributed by atoms with van der Waals surface area (Å²) in [7, 11) is 0. The van der Waals surface area contributed by atoms with E-state index >= 15 is 0 Å². The molecule has 0 unspecified atom stereocenters. The zero-order valence-corrected chi connectivity index (χ0v) is 12.1. The molecule has 6 heteroatoms. The monoisotopic (exact) mass is 289 g/mol. The van der Waals surface area contributed by atoms with E-state index in [9.17, 15) is 4.79 Å². The van der Waals surface area contributed by atoms with Gasteiger partial charge in [0.25, 0.3) is 0 Å². The van der Waals surface area contributed by atoms with Crippen LogP contribution < -0.4 is 16.4 Å². The second-order valence-corrected chi connectivity index (χ2v) is 5.83. The van der Waals surface area contributed by atoms with Crippen molar-refractivity contribution in [2.45, 2.75) is 26.3 Å². The van der Waals surface area contributed by atoms with Crippen LogP contribution in [0.5, 0.6) is 0 Å². The number of benzene rings is 1. The van der Waals surface area contributed by atoms with Crippen molar-refractivity contribution < 1.29 is 4.79 Å². The first-order chi connectivity index (χ1) is 8.19. The fraction of sp³-hybridized carbons (Fsp3) is 0.417. The first-order valence-corrected chi connectivity index (χ1v) is 6.24. The van der Waals surface area contributed by atoms with E-state index in [1.54, 1.807) is 12.1 Å². The van der Waals surface area contributed by atoms with E-state index in [2.05, 4.69) is 10.6 Å². The third kappa shape index (κ3) is 4.63. The fourth-order valence-electron chi connectivity index (χ4n) is 1.39. The van der Waals surface area contributed by atoms with Gasteiger partial charge in [-0.05, 0) is 32.9 Å². The summed E-state index contributed by atoms with van der Waals surface area (Å²) in [5.74, 6) is -0.133. The number of hydrogen-bond acceptors (Lipinski definition) is 3. The molecule has 0 bridgehead atoms. The van der Waals surface area contributed by atoms with Crippen LogP contribution >= 0.6 is 23.2 Å². The molecule has 0 aromatic heterocycles. The number of rotatable bonds is 3. The van der Waals surface area contributed by atoms with Crippen LogP contribution in [0, 0.1) is 0 Å². The SMILES string of the molecule is CC(C)(C)NC(=O)CNc1c(Cl)cc(N)cc1Cl. The highest BCUT2D eigenvalue weighted by atomic mass is 35.5. The van der Waals surface area contributed by atoms with Gasteiger partial charge < -0.3 is 16.4 Å². The molecule has 100 valence electrons. The Hall–Kier alpha value is -1.13. The second-order valence-electron chi connectivity index (χ2n) is 5.01. The van der Waals surface area contributed by atoms with Crippen molar-refractivity contribution in [2.75, 3.05) is 17.6 Å². The van der Waals surface area contributed by atoms with E-state index in [0.717, 1.165) is 0 Å². The number of carbonyl (C=O) groups is 1. The van der Waals surface area contributed by atoms with Gasteiger partial charge in [0.1, 0.15) is 0 Å². The number of halogens is 2. The molecular formula is C12H17Cl2N3O. The minimum absolute atomic E-state index is 0.0978. The Morgan fingerprint density at radius 1 is 1.28 bits per heavy atom. The minimum atomic E-state index is -0.270. The molecule has 0 aliphatic heterocycles. The molecule has 0 atom stereocenters. The molecule has 0 radical (unpaired) electrons. The fourth-order valence-corrected chi connectivity index (χ4v) is 2.03. The van der Waals surface area contributed by atoms with Crippen molar-refractivity contribution >= 4 is 40.5 Å². The lowest BCUT2D eigenvalue weighted by Gasteiger charge is -2.21. The molecule has 0 spiro atoms. The zero-order chi connectivity index (χ0) is 13.9. The van der Waals surface area contributed by atoms with Gasteiger partial charge in [0.15, 0.2) is 0 Å². The molecule has 0 fully saturated rings. The number of hydrogen-bond donors (Lipinski definition) is 3. The Bertz CT molecular complexity index is 432. The second kappa shape index (κ2) is 5.67. The number of nitrogen functional groups attached to an aromatic ring is 1. The summed E-state index contributed by atoms with van der Waals surface area (Å²) >= 11 is 12.0. The molecular weight excluding hydrogens is 273 g/mol. The smallest absolute Gasteiger partial charge is 0.239 e. The lowest BCUT2D eigenvalue weighted by molar-refractivity contribution is -0.120. The molecule has 0 aliphatic carbocycles. The largest absolute Gasteiger partial charge is 0.399 e. The van der Waals surface area contributed by atoms with Crippen molar-refractivity contribution in [3.8, 4) is 0 Å². The molecule has 0 saturated carbocycles. The van der Waals surface area contributed by atoms with E-state index in [1.165, 1.54) is 0 Å². The van der Waals surface area contributed by atoms with Gasteiger partial charge >= 0.3 is 0 Å². The van der Waals surface area contributed by atoms with E-state index in [4.69, 9.17) is 28.9 Å². The number of nitrogens with one attached hydrogen (secondary N) is 2. The first-order valence-electron chi connectivity index (χ1n) is 5.48. The average Bonchev–Trinajstić information content (AvgIpc) is 2.12. The summed E-state index contributed by atoms with van der Waals surface area (Å²) in [4.78, 5) is 11.6. The predicted octanol–water partition coefficient (Wildman–Crippen LogP) is 2.90. The number of carbonyl (C=O) groups excluding carboxylic acids is 1. The van der Waals surface area contributed by atoms with Gasteiger partial charge in [-0.3, -0.25) is 4.79 Å². The van der Waals surface area contributed by atoms with Gasteiger partial charge in [-0.25, -0.2) is 0 Å². The maximum atomic E-state index is 11.6. The summed E-state index contributed by atoms with van der Waals surface area (Å²) in [6.07, 6.45) is 0. The third-order valence-corrected chi connectivity index (χ3v) is 2.60. The third-order valence-electron chi connectivity index (χ3n) is 2.00. The minimum Gasteiger partial charge on any atom is -0.399 e. The van der Waals surface area contributed by atoms with Crippen LogP contribution in [0.25, 0.3) is 0 Å². The molecule has 1 aromatic carbocycles. The van der Waals surface area contributed by atoms with Crippen molar-refractivity contribution in [3.05, 3.63) is 22.2 Å². The van der Waals surface area contributed by atoms with Gasteiger partial charge in [0.05, 0.1) is 22.3 Å². The lowest BCUT2D eigenvalue weighted by Crippen LogP contribution is -2.43. The van der Waals surface area contributed by atoms with Crippen LogP contribution in [-0.2, 0) is 4.79 Å². The van der Waals surface area contributed by atoms with Crippen molar-refractivity contribution in [1.29, 1.82) is 0 Å².